The van der Waals surface area contributed by atoms with Crippen LogP contribution in [-0.4, -0.2) is 36.3 Å². The van der Waals surface area contributed by atoms with Crippen LogP contribution in [0.1, 0.15) is 10.4 Å². The van der Waals surface area contributed by atoms with Crippen molar-refractivity contribution >= 4 is 32.6 Å². The van der Waals surface area contributed by atoms with Gasteiger partial charge in [-0.2, -0.15) is 13.5 Å². The average Bonchev–Trinajstić information content (AvgIpc) is 3.01. The maximum atomic E-state index is 12.4. The number of hydrogen-bond acceptors (Lipinski definition) is 6. The molecule has 9 heteroatoms. The van der Waals surface area contributed by atoms with Crippen LogP contribution in [-0.2, 0) is 21.8 Å². The van der Waals surface area contributed by atoms with Crippen LogP contribution in [0, 0.1) is 0 Å². The van der Waals surface area contributed by atoms with Gasteiger partial charge >= 0.3 is 5.97 Å². The molecule has 0 aliphatic heterocycles. The molecule has 0 fully saturated rings. The molecule has 124 valence electrons. The van der Waals surface area contributed by atoms with Gasteiger partial charge in [0.2, 0.25) is 0 Å². The third-order valence-electron chi connectivity index (χ3n) is 3.34. The van der Waals surface area contributed by atoms with Gasteiger partial charge in [0.05, 0.1) is 23.9 Å². The van der Waals surface area contributed by atoms with Crippen molar-refractivity contribution in [1.29, 1.82) is 0 Å². The molecular weight excluding hydrogens is 332 g/mol. The number of carbonyl (C=O) groups excluding carboxylic acids is 1. The number of pyridine rings is 1. The van der Waals surface area contributed by atoms with Crippen molar-refractivity contribution in [1.82, 2.24) is 14.8 Å². The highest BCUT2D eigenvalue weighted by atomic mass is 32.2. The molecular formula is C15H14N4O4S. The molecule has 1 aromatic carbocycles. The largest absolute Gasteiger partial charge is 0.465 e. The Morgan fingerprint density at radius 2 is 2.08 bits per heavy atom. The van der Waals surface area contributed by atoms with Gasteiger partial charge in [0.25, 0.3) is 10.0 Å². The van der Waals surface area contributed by atoms with Gasteiger partial charge in [-0.3, -0.25) is 14.4 Å². The Balaban J connectivity index is 2.02. The van der Waals surface area contributed by atoms with Crippen LogP contribution in [0.2, 0.25) is 0 Å². The molecule has 3 aromatic rings. The Kier molecular flexibility index (Phi) is 3.94. The maximum Gasteiger partial charge on any atom is 0.339 e. The number of aryl methyl sites for hydroxylation is 1. The molecule has 0 spiro atoms. The number of nitrogens with one attached hydrogen (secondary N) is 1. The summed E-state index contributed by atoms with van der Waals surface area (Å²) in [4.78, 5) is 15.8. The predicted molar refractivity (Wildman–Crippen MR) is 87.1 cm³/mol. The van der Waals surface area contributed by atoms with Gasteiger partial charge in [-0.1, -0.05) is 12.1 Å². The number of nitrogens with zero attached hydrogens (tertiary/aromatic N) is 3. The van der Waals surface area contributed by atoms with Crippen LogP contribution in [0.5, 0.6) is 0 Å². The first kappa shape index (κ1) is 15.9. The zero-order chi connectivity index (χ0) is 17.3. The van der Waals surface area contributed by atoms with Crippen molar-refractivity contribution in [2.75, 3.05) is 11.8 Å². The van der Waals surface area contributed by atoms with E-state index in [4.69, 9.17) is 0 Å². The standard InChI is InChI=1S/C15H14N4O4S/c1-19-7-6-13(17-19)24(21,22)18-12-5-3-4-10-8-11(15(20)23-2)9-16-14(10)12/h3-9,18H,1-2H3. The molecule has 0 saturated carbocycles. The third-order valence-corrected chi connectivity index (χ3v) is 4.60. The lowest BCUT2D eigenvalue weighted by molar-refractivity contribution is 0.0600. The summed E-state index contributed by atoms with van der Waals surface area (Å²) in [6.07, 6.45) is 2.88. The lowest BCUT2D eigenvalue weighted by Crippen LogP contribution is -2.14. The second-order valence-electron chi connectivity index (χ2n) is 5.03. The zero-order valence-corrected chi connectivity index (χ0v) is 13.7. The van der Waals surface area contributed by atoms with E-state index in [1.807, 2.05) is 0 Å². The van der Waals surface area contributed by atoms with E-state index in [0.717, 1.165) is 0 Å². The number of sulfonamides is 1. The van der Waals surface area contributed by atoms with Crippen LogP contribution >= 0.6 is 0 Å². The van der Waals surface area contributed by atoms with Crippen LogP contribution in [0.3, 0.4) is 0 Å². The van der Waals surface area contributed by atoms with E-state index in [9.17, 15) is 13.2 Å². The molecule has 1 N–H and O–H groups in total. The highest BCUT2D eigenvalue weighted by Crippen LogP contribution is 2.24. The van der Waals surface area contributed by atoms with Gasteiger partial charge in [0.15, 0.2) is 5.03 Å². The fourth-order valence-electron chi connectivity index (χ4n) is 2.21. The number of benzene rings is 1. The minimum atomic E-state index is -3.83. The van der Waals surface area contributed by atoms with E-state index in [1.165, 1.54) is 24.1 Å². The normalized spacial score (nSPS) is 11.4. The number of esters is 1. The predicted octanol–water partition coefficient (Wildman–Crippen LogP) is 1.56. The number of methoxy groups -OCH3 is 1. The second kappa shape index (κ2) is 5.93. The highest BCUT2D eigenvalue weighted by Gasteiger charge is 2.19. The molecule has 2 aromatic heterocycles. The van der Waals surface area contributed by atoms with Crippen LogP contribution in [0.15, 0.2) is 47.8 Å². The fraction of sp³-hybridized carbons (Fsp3) is 0.133. The average molecular weight is 346 g/mol. The second-order valence-corrected chi connectivity index (χ2v) is 6.66. The maximum absolute atomic E-state index is 12.4. The van der Waals surface area contributed by atoms with Crippen LogP contribution in [0.4, 0.5) is 5.69 Å². The Labute approximate surface area is 138 Å². The number of aromatic nitrogens is 3. The first-order chi connectivity index (χ1) is 11.4. The quantitative estimate of drug-likeness (QED) is 0.719. The minimum absolute atomic E-state index is 0.0896. The number of para-hydroxylation sites is 1. The molecule has 2 heterocycles. The van der Waals surface area contributed by atoms with E-state index in [2.05, 4.69) is 19.5 Å². The topological polar surface area (TPSA) is 103 Å². The summed E-state index contributed by atoms with van der Waals surface area (Å²) in [6, 6.07) is 7.98. The van der Waals surface area contributed by atoms with Gasteiger partial charge in [-0.05, 0) is 18.2 Å². The lowest BCUT2D eigenvalue weighted by Gasteiger charge is -2.09. The number of ether oxygens (including phenoxy) is 1. The van der Waals surface area contributed by atoms with Crippen molar-refractivity contribution in [3.8, 4) is 0 Å². The molecule has 0 aliphatic rings. The summed E-state index contributed by atoms with van der Waals surface area (Å²) < 4.78 is 33.3. The number of anilines is 1. The molecule has 0 saturated heterocycles. The highest BCUT2D eigenvalue weighted by molar-refractivity contribution is 7.92. The first-order valence-corrected chi connectivity index (χ1v) is 8.38. The lowest BCUT2D eigenvalue weighted by atomic mass is 10.1. The van der Waals surface area contributed by atoms with E-state index in [1.54, 1.807) is 37.5 Å². The van der Waals surface area contributed by atoms with Crippen LogP contribution in [0.25, 0.3) is 10.9 Å². The molecule has 3 rings (SSSR count). The van der Waals surface area contributed by atoms with Crippen molar-refractivity contribution in [3.63, 3.8) is 0 Å². The van der Waals surface area contributed by atoms with Gasteiger partial charge < -0.3 is 4.74 Å². The Morgan fingerprint density at radius 1 is 1.29 bits per heavy atom. The fourth-order valence-corrected chi connectivity index (χ4v) is 3.24. The summed E-state index contributed by atoms with van der Waals surface area (Å²) in [6.45, 7) is 0. The van der Waals surface area contributed by atoms with Gasteiger partial charge in [-0.25, -0.2) is 4.79 Å². The number of carbonyl (C=O) groups is 1. The molecule has 0 aliphatic carbocycles. The minimum Gasteiger partial charge on any atom is -0.465 e. The SMILES string of the molecule is COC(=O)c1cnc2c(NS(=O)(=O)c3ccn(C)n3)cccc2c1. The molecule has 0 bridgehead atoms. The van der Waals surface area contributed by atoms with Gasteiger partial charge in [0, 0.05) is 24.8 Å². The van der Waals surface area contributed by atoms with E-state index >= 15 is 0 Å². The Morgan fingerprint density at radius 3 is 2.75 bits per heavy atom. The van der Waals surface area contributed by atoms with Crippen molar-refractivity contribution in [2.45, 2.75) is 5.03 Å². The van der Waals surface area contributed by atoms with E-state index in [-0.39, 0.29) is 10.6 Å². The van der Waals surface area contributed by atoms with Gasteiger partial charge in [-0.15, -0.1) is 0 Å². The van der Waals surface area contributed by atoms with E-state index in [0.29, 0.717) is 16.6 Å². The number of rotatable bonds is 4. The summed E-state index contributed by atoms with van der Waals surface area (Å²) in [5.74, 6) is -0.510. The summed E-state index contributed by atoms with van der Waals surface area (Å²) >= 11 is 0. The Hall–Kier alpha value is -2.94. The smallest absolute Gasteiger partial charge is 0.339 e. The summed E-state index contributed by atoms with van der Waals surface area (Å²) in [5, 5.41) is 4.41. The molecule has 24 heavy (non-hydrogen) atoms. The van der Waals surface area contributed by atoms with Gasteiger partial charge in [0.1, 0.15) is 0 Å². The van der Waals surface area contributed by atoms with E-state index < -0.39 is 16.0 Å². The summed E-state index contributed by atoms with van der Waals surface area (Å²) in [7, 11) is -0.915. The molecule has 0 radical (unpaired) electrons. The first-order valence-electron chi connectivity index (χ1n) is 6.90. The molecule has 0 unspecified atom stereocenters. The van der Waals surface area contributed by atoms with Crippen molar-refractivity contribution in [2.24, 2.45) is 7.05 Å². The molecule has 8 nitrogen and oxygen atoms in total. The number of hydrogen-bond donors (Lipinski definition) is 1. The number of fused-ring (bicyclic) bond motifs is 1. The van der Waals surface area contributed by atoms with Crippen molar-refractivity contribution < 1.29 is 17.9 Å². The van der Waals surface area contributed by atoms with Crippen molar-refractivity contribution in [3.05, 3.63) is 48.3 Å². The summed E-state index contributed by atoms with van der Waals surface area (Å²) in [5.41, 5.74) is 1.01. The third kappa shape index (κ3) is 2.93. The zero-order valence-electron chi connectivity index (χ0n) is 12.9. The monoisotopic (exact) mass is 346 g/mol. The molecule has 0 amide bonds. The Bertz CT molecular complexity index is 1030. The molecule has 0 atom stereocenters. The van der Waals surface area contributed by atoms with Crippen LogP contribution < -0.4 is 4.72 Å².